The van der Waals surface area contributed by atoms with E-state index in [0.717, 1.165) is 6.26 Å². The first-order valence-electron chi connectivity index (χ1n) is 4.21. The molecule has 5 nitrogen and oxygen atoms in total. The predicted octanol–water partition coefficient (Wildman–Crippen LogP) is 0.695. The second-order valence-electron chi connectivity index (χ2n) is 3.08. The summed E-state index contributed by atoms with van der Waals surface area (Å²) in [4.78, 5) is 0. The Bertz CT molecular complexity index is 412. The molecule has 6 heteroatoms. The highest BCUT2D eigenvalue weighted by Gasteiger charge is 2.06. The summed E-state index contributed by atoms with van der Waals surface area (Å²) < 4.78 is 28.8. The summed E-state index contributed by atoms with van der Waals surface area (Å²) in [6.45, 7) is 0. The second kappa shape index (κ2) is 4.61. The number of anilines is 1. The molecule has 1 aromatic carbocycles. The molecule has 0 aliphatic heterocycles. The van der Waals surface area contributed by atoms with Crippen molar-refractivity contribution in [1.82, 2.24) is 0 Å². The zero-order valence-corrected chi connectivity index (χ0v) is 9.28. The number of sulfonamides is 1. The largest absolute Gasteiger partial charge is 0.364 e. The van der Waals surface area contributed by atoms with Gasteiger partial charge in [0.2, 0.25) is 10.0 Å². The molecule has 0 saturated heterocycles. The molecule has 0 aromatic heterocycles. The Morgan fingerprint density at radius 2 is 1.87 bits per heavy atom. The van der Waals surface area contributed by atoms with Crippen LogP contribution in [0.25, 0.3) is 0 Å². The summed E-state index contributed by atoms with van der Waals surface area (Å²) in [5.41, 5.74) is 1.01. The van der Waals surface area contributed by atoms with Gasteiger partial charge in [-0.25, -0.2) is 8.42 Å². The van der Waals surface area contributed by atoms with Crippen LogP contribution in [-0.2, 0) is 14.8 Å². The van der Waals surface area contributed by atoms with Gasteiger partial charge in [-0.05, 0) is 12.1 Å². The maximum Gasteiger partial charge on any atom is 0.229 e. The molecule has 0 bridgehead atoms. The van der Waals surface area contributed by atoms with Gasteiger partial charge >= 0.3 is 0 Å². The minimum atomic E-state index is -3.26. The topological polar surface area (TPSA) is 75.6 Å². The molecule has 0 aliphatic rings. The number of aliphatic hydroxyl groups excluding tert-OH is 1. The third-order valence-corrected chi connectivity index (χ3v) is 2.33. The average molecular weight is 231 g/mol. The summed E-state index contributed by atoms with van der Waals surface area (Å²) in [6.07, 6.45) is 0.0857. The van der Waals surface area contributed by atoms with E-state index >= 15 is 0 Å². The summed E-state index contributed by atoms with van der Waals surface area (Å²) in [5, 5.41) is 9.29. The van der Waals surface area contributed by atoms with Crippen molar-refractivity contribution < 1.29 is 18.3 Å². The van der Waals surface area contributed by atoms with E-state index < -0.39 is 16.3 Å². The Labute approximate surface area is 88.7 Å². The molecule has 0 aliphatic carbocycles. The zero-order valence-electron chi connectivity index (χ0n) is 8.47. The summed E-state index contributed by atoms with van der Waals surface area (Å²) >= 11 is 0. The van der Waals surface area contributed by atoms with Crippen LogP contribution < -0.4 is 4.72 Å². The molecule has 1 unspecified atom stereocenters. The Morgan fingerprint density at radius 1 is 1.33 bits per heavy atom. The first-order valence-corrected chi connectivity index (χ1v) is 6.10. The van der Waals surface area contributed by atoms with Crippen LogP contribution in [0.3, 0.4) is 0 Å². The number of benzene rings is 1. The average Bonchev–Trinajstić information content (AvgIpc) is 2.15. The lowest BCUT2D eigenvalue weighted by Gasteiger charge is -2.09. The molecule has 15 heavy (non-hydrogen) atoms. The third kappa shape index (κ3) is 3.86. The molecule has 0 heterocycles. The molecule has 1 aromatic rings. The number of hydrogen-bond acceptors (Lipinski definition) is 4. The van der Waals surface area contributed by atoms with Crippen LogP contribution >= 0.6 is 0 Å². The maximum atomic E-state index is 10.9. The van der Waals surface area contributed by atoms with Crippen LogP contribution in [0, 0.1) is 0 Å². The number of methoxy groups -OCH3 is 1. The summed E-state index contributed by atoms with van der Waals surface area (Å²) in [5.74, 6) is 0. The Hall–Kier alpha value is -1.11. The van der Waals surface area contributed by atoms with Crippen molar-refractivity contribution in [2.75, 3.05) is 18.1 Å². The van der Waals surface area contributed by atoms with Crippen LogP contribution in [0.5, 0.6) is 0 Å². The normalized spacial score (nSPS) is 13.5. The molecular formula is C9H13NO4S. The minimum Gasteiger partial charge on any atom is -0.364 e. The van der Waals surface area contributed by atoms with Crippen LogP contribution in [0.2, 0.25) is 0 Å². The van der Waals surface area contributed by atoms with E-state index in [2.05, 4.69) is 4.72 Å². The Morgan fingerprint density at radius 3 is 2.27 bits per heavy atom. The lowest BCUT2D eigenvalue weighted by molar-refractivity contribution is -0.0769. The molecule has 0 spiro atoms. The molecule has 1 rings (SSSR count). The molecule has 0 saturated carbocycles. The van der Waals surface area contributed by atoms with E-state index in [9.17, 15) is 13.5 Å². The summed E-state index contributed by atoms with van der Waals surface area (Å²) in [7, 11) is -1.88. The first-order chi connectivity index (χ1) is 6.92. The number of hydrogen-bond donors (Lipinski definition) is 2. The molecular weight excluding hydrogens is 218 g/mol. The second-order valence-corrected chi connectivity index (χ2v) is 4.83. The van der Waals surface area contributed by atoms with Crippen molar-refractivity contribution >= 4 is 15.7 Å². The van der Waals surface area contributed by atoms with Crippen molar-refractivity contribution in [1.29, 1.82) is 0 Å². The first kappa shape index (κ1) is 12.0. The Kier molecular flexibility index (Phi) is 3.67. The van der Waals surface area contributed by atoms with E-state index in [1.807, 2.05) is 0 Å². The molecule has 0 amide bonds. The monoisotopic (exact) mass is 231 g/mol. The van der Waals surface area contributed by atoms with E-state index in [-0.39, 0.29) is 0 Å². The maximum absolute atomic E-state index is 10.9. The number of ether oxygens (including phenoxy) is 1. The van der Waals surface area contributed by atoms with Gasteiger partial charge in [-0.3, -0.25) is 4.72 Å². The van der Waals surface area contributed by atoms with Crippen LogP contribution in [-0.4, -0.2) is 26.9 Å². The van der Waals surface area contributed by atoms with Crippen molar-refractivity contribution in [2.24, 2.45) is 0 Å². The van der Waals surface area contributed by atoms with Gasteiger partial charge in [-0.1, -0.05) is 12.1 Å². The smallest absolute Gasteiger partial charge is 0.229 e. The summed E-state index contributed by atoms with van der Waals surface area (Å²) in [6, 6.07) is 6.28. The minimum absolute atomic E-state index is 0.449. The third-order valence-electron chi connectivity index (χ3n) is 1.72. The molecule has 1 atom stereocenters. The van der Waals surface area contributed by atoms with Gasteiger partial charge in [0.25, 0.3) is 0 Å². The highest BCUT2D eigenvalue weighted by molar-refractivity contribution is 7.92. The van der Waals surface area contributed by atoms with E-state index in [1.165, 1.54) is 7.11 Å². The fourth-order valence-electron chi connectivity index (χ4n) is 1.07. The van der Waals surface area contributed by atoms with Gasteiger partial charge in [-0.15, -0.1) is 0 Å². The zero-order chi connectivity index (χ0) is 11.5. The number of aliphatic hydroxyl groups is 1. The quantitative estimate of drug-likeness (QED) is 0.748. The fourth-order valence-corrected chi connectivity index (χ4v) is 1.63. The highest BCUT2D eigenvalue weighted by atomic mass is 32.2. The number of rotatable bonds is 4. The van der Waals surface area contributed by atoms with Crippen molar-refractivity contribution in [2.45, 2.75) is 6.29 Å². The fraction of sp³-hybridized carbons (Fsp3) is 0.333. The van der Waals surface area contributed by atoms with Gasteiger partial charge < -0.3 is 9.84 Å². The van der Waals surface area contributed by atoms with Gasteiger partial charge in [-0.2, -0.15) is 0 Å². The van der Waals surface area contributed by atoms with Gasteiger partial charge in [0.05, 0.1) is 6.26 Å². The van der Waals surface area contributed by atoms with E-state index in [4.69, 9.17) is 4.74 Å². The molecule has 84 valence electrons. The van der Waals surface area contributed by atoms with Crippen molar-refractivity contribution in [3.63, 3.8) is 0 Å². The van der Waals surface area contributed by atoms with Crippen molar-refractivity contribution in [3.8, 4) is 0 Å². The lowest BCUT2D eigenvalue weighted by atomic mass is 10.2. The van der Waals surface area contributed by atoms with Crippen LogP contribution in [0.15, 0.2) is 24.3 Å². The Balaban J connectivity index is 2.81. The highest BCUT2D eigenvalue weighted by Crippen LogP contribution is 2.16. The lowest BCUT2D eigenvalue weighted by Crippen LogP contribution is -2.09. The van der Waals surface area contributed by atoms with E-state index in [0.29, 0.717) is 11.3 Å². The van der Waals surface area contributed by atoms with E-state index in [1.54, 1.807) is 24.3 Å². The standard InChI is InChI=1S/C9H13NO4S/c1-14-9(11)7-3-5-8(6-4-7)10-15(2,12)13/h3-6,9-11H,1-2H3. The van der Waals surface area contributed by atoms with Gasteiger partial charge in [0.1, 0.15) is 0 Å². The van der Waals surface area contributed by atoms with Crippen LogP contribution in [0.1, 0.15) is 11.9 Å². The van der Waals surface area contributed by atoms with Crippen molar-refractivity contribution in [3.05, 3.63) is 29.8 Å². The molecule has 2 N–H and O–H groups in total. The van der Waals surface area contributed by atoms with Crippen LogP contribution in [0.4, 0.5) is 5.69 Å². The van der Waals surface area contributed by atoms with Gasteiger partial charge in [0.15, 0.2) is 6.29 Å². The SMILES string of the molecule is COC(O)c1ccc(NS(C)(=O)=O)cc1. The van der Waals surface area contributed by atoms with Gasteiger partial charge in [0, 0.05) is 18.4 Å². The number of nitrogens with one attached hydrogen (secondary N) is 1. The molecule has 0 fully saturated rings. The predicted molar refractivity (Wildman–Crippen MR) is 56.9 cm³/mol. The molecule has 0 radical (unpaired) electrons.